The summed E-state index contributed by atoms with van der Waals surface area (Å²) in [6, 6.07) is 11.5. The minimum absolute atomic E-state index is 0.495. The highest BCUT2D eigenvalue weighted by molar-refractivity contribution is 9.10. The first kappa shape index (κ1) is 17.1. The Labute approximate surface area is 157 Å². The van der Waals surface area contributed by atoms with Gasteiger partial charge in [0.1, 0.15) is 11.5 Å². The molecule has 0 radical (unpaired) electrons. The van der Waals surface area contributed by atoms with Gasteiger partial charge in [-0.3, -0.25) is 0 Å². The lowest BCUT2D eigenvalue weighted by atomic mass is 10.2. The third-order valence-electron chi connectivity index (χ3n) is 3.36. The number of ether oxygens (including phenoxy) is 2. The fourth-order valence-corrected chi connectivity index (χ4v) is 3.38. The number of aromatic nitrogens is 1. The van der Waals surface area contributed by atoms with Crippen molar-refractivity contribution in [2.24, 2.45) is 0 Å². The van der Waals surface area contributed by atoms with Crippen LogP contribution in [0.4, 0.5) is 10.8 Å². The summed E-state index contributed by atoms with van der Waals surface area (Å²) in [5.41, 5.74) is 2.72. The number of hydrogen-bond donors (Lipinski definition) is 1. The fourth-order valence-electron chi connectivity index (χ4n) is 2.16. The average molecular weight is 426 g/mol. The van der Waals surface area contributed by atoms with E-state index in [0.29, 0.717) is 16.5 Å². The van der Waals surface area contributed by atoms with Gasteiger partial charge in [0.15, 0.2) is 5.13 Å². The number of benzene rings is 2. The Balaban J connectivity index is 1.88. The van der Waals surface area contributed by atoms with Crippen LogP contribution >= 0.6 is 38.9 Å². The molecule has 2 aromatic carbocycles. The highest BCUT2D eigenvalue weighted by Crippen LogP contribution is 2.38. The van der Waals surface area contributed by atoms with E-state index < -0.39 is 0 Å². The number of methoxy groups -OCH3 is 2. The molecule has 0 aliphatic carbocycles. The van der Waals surface area contributed by atoms with E-state index in [2.05, 4.69) is 26.2 Å². The molecular weight excluding hydrogens is 412 g/mol. The maximum absolute atomic E-state index is 6.13. The zero-order chi connectivity index (χ0) is 17.1. The zero-order valence-corrected chi connectivity index (χ0v) is 16.1. The van der Waals surface area contributed by atoms with Crippen LogP contribution in [0.3, 0.4) is 0 Å². The third kappa shape index (κ3) is 3.66. The van der Waals surface area contributed by atoms with Crippen molar-refractivity contribution in [1.29, 1.82) is 0 Å². The molecule has 124 valence electrons. The topological polar surface area (TPSA) is 43.4 Å². The maximum atomic E-state index is 6.13. The van der Waals surface area contributed by atoms with E-state index in [1.54, 1.807) is 26.4 Å². The number of thiazole rings is 1. The zero-order valence-electron chi connectivity index (χ0n) is 13.0. The molecule has 7 heteroatoms. The van der Waals surface area contributed by atoms with Crippen molar-refractivity contribution in [3.05, 3.63) is 51.3 Å². The smallest absolute Gasteiger partial charge is 0.187 e. The van der Waals surface area contributed by atoms with Crippen LogP contribution in [-0.4, -0.2) is 19.2 Å². The van der Waals surface area contributed by atoms with E-state index in [1.165, 1.54) is 11.3 Å². The summed E-state index contributed by atoms with van der Waals surface area (Å²) in [4.78, 5) is 4.62. The molecular formula is C17H14BrClN2O2S. The summed E-state index contributed by atoms with van der Waals surface area (Å²) < 4.78 is 11.7. The third-order valence-corrected chi connectivity index (χ3v) is 4.94. The molecule has 0 bridgehead atoms. The van der Waals surface area contributed by atoms with E-state index >= 15 is 0 Å². The van der Waals surface area contributed by atoms with Crippen LogP contribution in [0, 0.1) is 0 Å². The normalized spacial score (nSPS) is 10.5. The van der Waals surface area contributed by atoms with Gasteiger partial charge in [-0.2, -0.15) is 0 Å². The van der Waals surface area contributed by atoms with E-state index in [0.717, 1.165) is 26.5 Å². The highest BCUT2D eigenvalue weighted by atomic mass is 79.9. The molecule has 1 N–H and O–H groups in total. The van der Waals surface area contributed by atoms with Gasteiger partial charge >= 0.3 is 0 Å². The molecule has 4 nitrogen and oxygen atoms in total. The lowest BCUT2D eigenvalue weighted by Crippen LogP contribution is -1.96. The molecule has 0 atom stereocenters. The summed E-state index contributed by atoms with van der Waals surface area (Å²) in [7, 11) is 3.17. The maximum Gasteiger partial charge on any atom is 0.187 e. The second kappa shape index (κ2) is 7.42. The molecule has 0 saturated carbocycles. The van der Waals surface area contributed by atoms with Crippen LogP contribution in [-0.2, 0) is 0 Å². The van der Waals surface area contributed by atoms with Crippen LogP contribution in [0.25, 0.3) is 11.3 Å². The van der Waals surface area contributed by atoms with E-state index in [9.17, 15) is 0 Å². The quantitative estimate of drug-likeness (QED) is 0.545. The summed E-state index contributed by atoms with van der Waals surface area (Å²) in [6.45, 7) is 0. The van der Waals surface area contributed by atoms with E-state index in [1.807, 2.05) is 29.6 Å². The second-order valence-electron chi connectivity index (χ2n) is 4.86. The van der Waals surface area contributed by atoms with Crippen LogP contribution in [0.15, 0.2) is 46.3 Å². The van der Waals surface area contributed by atoms with Crippen molar-refractivity contribution in [2.75, 3.05) is 19.5 Å². The largest absolute Gasteiger partial charge is 0.495 e. The first-order valence-electron chi connectivity index (χ1n) is 7.00. The van der Waals surface area contributed by atoms with Crippen LogP contribution in [0.1, 0.15) is 0 Å². The van der Waals surface area contributed by atoms with Crippen LogP contribution in [0.2, 0.25) is 5.02 Å². The number of hydrogen-bond acceptors (Lipinski definition) is 5. The van der Waals surface area contributed by atoms with Gasteiger partial charge < -0.3 is 14.8 Å². The predicted octanol–water partition coefficient (Wildman–Crippen LogP) is 5.99. The van der Waals surface area contributed by atoms with Gasteiger partial charge in [-0.25, -0.2) is 4.98 Å². The Morgan fingerprint density at radius 1 is 1.08 bits per heavy atom. The summed E-state index contributed by atoms with van der Waals surface area (Å²) in [5, 5.41) is 6.52. The number of nitrogens with one attached hydrogen (secondary N) is 1. The molecule has 0 saturated heterocycles. The van der Waals surface area contributed by atoms with Crippen LogP contribution < -0.4 is 14.8 Å². The van der Waals surface area contributed by atoms with E-state index in [-0.39, 0.29) is 0 Å². The number of halogens is 2. The van der Waals surface area contributed by atoms with Gasteiger partial charge in [-0.1, -0.05) is 39.7 Å². The Hall–Kier alpha value is -1.76. The molecule has 0 amide bonds. The molecule has 1 heterocycles. The number of nitrogens with zero attached hydrogens (tertiary/aromatic N) is 1. The molecule has 3 aromatic rings. The predicted molar refractivity (Wildman–Crippen MR) is 103 cm³/mol. The number of rotatable bonds is 5. The summed E-state index contributed by atoms with van der Waals surface area (Å²) >= 11 is 11.1. The lowest BCUT2D eigenvalue weighted by Gasteiger charge is -2.12. The Bertz CT molecular complexity index is 852. The molecule has 0 aliphatic rings. The van der Waals surface area contributed by atoms with Crippen molar-refractivity contribution < 1.29 is 9.47 Å². The molecule has 0 fully saturated rings. The van der Waals surface area contributed by atoms with E-state index in [4.69, 9.17) is 21.1 Å². The molecule has 0 spiro atoms. The van der Waals surface area contributed by atoms with Gasteiger partial charge in [-0.05, 0) is 12.1 Å². The lowest BCUT2D eigenvalue weighted by molar-refractivity contribution is 0.405. The molecule has 1 aromatic heterocycles. The summed E-state index contributed by atoms with van der Waals surface area (Å²) in [6.07, 6.45) is 0. The fraction of sp³-hybridized carbons (Fsp3) is 0.118. The van der Waals surface area contributed by atoms with Gasteiger partial charge in [0, 0.05) is 27.5 Å². The molecule has 3 rings (SSSR count). The van der Waals surface area contributed by atoms with Gasteiger partial charge in [0.05, 0.1) is 30.6 Å². The highest BCUT2D eigenvalue weighted by Gasteiger charge is 2.12. The average Bonchev–Trinajstić information content (AvgIpc) is 3.05. The van der Waals surface area contributed by atoms with Gasteiger partial charge in [0.2, 0.25) is 0 Å². The Morgan fingerprint density at radius 3 is 2.46 bits per heavy atom. The number of anilines is 2. The second-order valence-corrected chi connectivity index (χ2v) is 7.04. The first-order valence-corrected chi connectivity index (χ1v) is 9.06. The van der Waals surface area contributed by atoms with Gasteiger partial charge in [-0.15, -0.1) is 11.3 Å². The Kier molecular flexibility index (Phi) is 5.28. The standard InChI is InChI=1S/C17H14BrClN2O2S/c1-22-15-8-13(16(23-2)7-12(15)19)20-17-21-14(9-24-17)10-3-5-11(18)6-4-10/h3-9H,1-2H3,(H,20,21). The first-order chi connectivity index (χ1) is 11.6. The minimum Gasteiger partial charge on any atom is -0.495 e. The van der Waals surface area contributed by atoms with Gasteiger partial charge in [0.25, 0.3) is 0 Å². The van der Waals surface area contributed by atoms with Crippen molar-refractivity contribution in [3.8, 4) is 22.8 Å². The Morgan fingerprint density at radius 2 is 1.79 bits per heavy atom. The molecule has 0 aliphatic heterocycles. The SMILES string of the molecule is COc1cc(Nc2nc(-c3ccc(Br)cc3)cs2)c(OC)cc1Cl. The van der Waals surface area contributed by atoms with Crippen LogP contribution in [0.5, 0.6) is 11.5 Å². The van der Waals surface area contributed by atoms with Crippen molar-refractivity contribution in [3.63, 3.8) is 0 Å². The van der Waals surface area contributed by atoms with Crippen molar-refractivity contribution in [2.45, 2.75) is 0 Å². The monoisotopic (exact) mass is 424 g/mol. The van der Waals surface area contributed by atoms with Crippen molar-refractivity contribution in [1.82, 2.24) is 4.98 Å². The molecule has 24 heavy (non-hydrogen) atoms. The summed E-state index contributed by atoms with van der Waals surface area (Å²) in [5.74, 6) is 1.20. The molecule has 0 unspecified atom stereocenters. The van der Waals surface area contributed by atoms with Crippen molar-refractivity contribution >= 4 is 49.7 Å². The minimum atomic E-state index is 0.495.